The molecule has 1 atom stereocenters. The van der Waals surface area contributed by atoms with Crippen LogP contribution >= 0.6 is 23.5 Å². The van der Waals surface area contributed by atoms with E-state index in [0.29, 0.717) is 18.1 Å². The topological polar surface area (TPSA) is 34.1 Å². The summed E-state index contributed by atoms with van der Waals surface area (Å²) in [5, 5.41) is 0. The van der Waals surface area contributed by atoms with Crippen LogP contribution in [0.2, 0.25) is 0 Å². The molecule has 0 amide bonds. The number of carbonyl (C=O) groups excluding carboxylic acids is 2. The van der Waals surface area contributed by atoms with Gasteiger partial charge in [-0.15, -0.1) is 0 Å². The lowest BCUT2D eigenvalue weighted by Gasteiger charge is -2.27. The Labute approximate surface area is 203 Å². The van der Waals surface area contributed by atoms with Gasteiger partial charge in [-0.25, -0.2) is 0 Å². The van der Waals surface area contributed by atoms with Crippen molar-refractivity contribution < 1.29 is 9.59 Å². The molecule has 6 rings (SSSR count). The first-order valence-corrected chi connectivity index (χ1v) is 13.0. The van der Waals surface area contributed by atoms with E-state index in [2.05, 4.69) is 62.4 Å². The van der Waals surface area contributed by atoms with Gasteiger partial charge in [-0.3, -0.25) is 9.59 Å². The average Bonchev–Trinajstić information content (AvgIpc) is 2.83. The number of hydrogen-bond donors (Lipinski definition) is 0. The minimum absolute atomic E-state index is 0.0645. The van der Waals surface area contributed by atoms with Crippen molar-refractivity contribution in [1.29, 1.82) is 0 Å². The molecule has 0 N–H and O–H groups in total. The first kappa shape index (κ1) is 22.2. The summed E-state index contributed by atoms with van der Waals surface area (Å²) in [4.78, 5) is 29.1. The van der Waals surface area contributed by atoms with Crippen LogP contribution in [0.3, 0.4) is 0 Å². The lowest BCUT2D eigenvalue weighted by atomic mass is 9.82. The molecule has 0 radical (unpaired) electrons. The summed E-state index contributed by atoms with van der Waals surface area (Å²) in [7, 11) is 0. The maximum atomic E-state index is 12.5. The first-order valence-electron chi connectivity index (χ1n) is 11.4. The van der Waals surface area contributed by atoms with Crippen molar-refractivity contribution >= 4 is 35.1 Å². The molecule has 33 heavy (non-hydrogen) atoms. The predicted octanol–water partition coefficient (Wildman–Crippen LogP) is 7.12. The fraction of sp³-hybridized carbons (Fsp3) is 0.241. The van der Waals surface area contributed by atoms with Crippen LogP contribution in [0.1, 0.15) is 31.4 Å². The largest absolute Gasteiger partial charge is 0.294 e. The third-order valence-corrected chi connectivity index (χ3v) is 8.84. The van der Waals surface area contributed by atoms with Gasteiger partial charge in [0.05, 0.1) is 0 Å². The summed E-state index contributed by atoms with van der Waals surface area (Å²) >= 11 is 3.45. The molecule has 0 aromatic heterocycles. The Morgan fingerprint density at radius 1 is 0.788 bits per heavy atom. The molecule has 1 unspecified atom stereocenters. The SMILES string of the molecule is CC(C)C1C=CC2=C(Cc3ccccc3S2)C1=O.O=C1CC=CC2=C1Cc1ccccc1S2. The van der Waals surface area contributed by atoms with Gasteiger partial charge in [-0.2, -0.15) is 0 Å². The zero-order valence-electron chi connectivity index (χ0n) is 18.8. The summed E-state index contributed by atoms with van der Waals surface area (Å²) in [5.74, 6) is 1.05. The number of fused-ring (bicyclic) bond motifs is 2. The van der Waals surface area contributed by atoms with Gasteiger partial charge in [-0.05, 0) is 29.2 Å². The molecule has 2 aromatic carbocycles. The Kier molecular flexibility index (Phi) is 6.31. The minimum Gasteiger partial charge on any atom is -0.294 e. The van der Waals surface area contributed by atoms with Crippen molar-refractivity contribution in [3.8, 4) is 0 Å². The summed E-state index contributed by atoms with van der Waals surface area (Å²) in [6.45, 7) is 4.23. The third-order valence-electron chi connectivity index (χ3n) is 6.40. The molecule has 0 saturated carbocycles. The van der Waals surface area contributed by atoms with E-state index >= 15 is 0 Å². The van der Waals surface area contributed by atoms with E-state index in [1.807, 2.05) is 24.3 Å². The number of carbonyl (C=O) groups is 2. The van der Waals surface area contributed by atoms with Gasteiger partial charge in [0.2, 0.25) is 0 Å². The summed E-state index contributed by atoms with van der Waals surface area (Å²) in [6, 6.07) is 16.7. The summed E-state index contributed by atoms with van der Waals surface area (Å²) < 4.78 is 0. The van der Waals surface area contributed by atoms with Gasteiger partial charge in [0.15, 0.2) is 11.6 Å². The maximum absolute atomic E-state index is 12.5. The van der Waals surface area contributed by atoms with Crippen molar-refractivity contribution in [1.82, 2.24) is 0 Å². The first-order chi connectivity index (χ1) is 16.0. The van der Waals surface area contributed by atoms with Gasteiger partial charge in [-0.1, -0.05) is 98.1 Å². The summed E-state index contributed by atoms with van der Waals surface area (Å²) in [5.41, 5.74) is 4.58. The lowest BCUT2D eigenvalue weighted by Crippen LogP contribution is -2.25. The van der Waals surface area contributed by atoms with Gasteiger partial charge in [0.1, 0.15) is 0 Å². The van der Waals surface area contributed by atoms with E-state index in [4.69, 9.17) is 0 Å². The molecular weight excluding hydrogens is 444 g/mol. The van der Waals surface area contributed by atoms with E-state index in [9.17, 15) is 9.59 Å². The van der Waals surface area contributed by atoms with Gasteiger partial charge in [0, 0.05) is 55.9 Å². The van der Waals surface area contributed by atoms with Crippen molar-refractivity contribution in [2.45, 2.75) is 42.9 Å². The van der Waals surface area contributed by atoms with Crippen molar-refractivity contribution in [3.63, 3.8) is 0 Å². The van der Waals surface area contributed by atoms with E-state index in [0.717, 1.165) is 33.8 Å². The summed E-state index contributed by atoms with van der Waals surface area (Å²) in [6.07, 6.45) is 10.4. The number of ketones is 2. The van der Waals surface area contributed by atoms with Crippen LogP contribution in [0.5, 0.6) is 0 Å². The lowest BCUT2D eigenvalue weighted by molar-refractivity contribution is -0.119. The quantitative estimate of drug-likeness (QED) is 0.444. The second kappa shape index (κ2) is 9.36. The fourth-order valence-electron chi connectivity index (χ4n) is 4.53. The van der Waals surface area contributed by atoms with Crippen LogP contribution in [0, 0.1) is 11.8 Å². The molecule has 0 saturated heterocycles. The molecule has 0 fully saturated rings. The standard InChI is InChI=1S/C16H16OS.C13H10OS/c1-10(2)12-7-8-15-13(16(12)17)9-11-5-3-4-6-14(11)18-15;14-11-5-3-7-13-10(11)8-9-4-1-2-6-12(9)15-13/h3-8,10,12H,9H2,1-2H3;1-4,6-7H,5,8H2. The molecule has 2 heterocycles. The number of rotatable bonds is 1. The predicted molar refractivity (Wildman–Crippen MR) is 137 cm³/mol. The van der Waals surface area contributed by atoms with Crippen LogP contribution in [0.15, 0.2) is 104 Å². The molecule has 166 valence electrons. The van der Waals surface area contributed by atoms with E-state index in [1.165, 1.54) is 20.9 Å². The number of benzene rings is 2. The van der Waals surface area contributed by atoms with Gasteiger partial charge >= 0.3 is 0 Å². The van der Waals surface area contributed by atoms with Crippen LogP contribution in [0.4, 0.5) is 0 Å². The molecule has 2 aliphatic heterocycles. The Bertz CT molecular complexity index is 1260. The molecule has 2 aromatic rings. The second-order valence-corrected chi connectivity index (χ2v) is 11.1. The van der Waals surface area contributed by atoms with Crippen LogP contribution < -0.4 is 0 Å². The van der Waals surface area contributed by atoms with E-state index < -0.39 is 0 Å². The monoisotopic (exact) mass is 470 g/mol. The van der Waals surface area contributed by atoms with Crippen molar-refractivity contribution in [3.05, 3.63) is 105 Å². The highest BCUT2D eigenvalue weighted by molar-refractivity contribution is 8.03. The highest BCUT2D eigenvalue weighted by atomic mass is 32.2. The maximum Gasteiger partial charge on any atom is 0.167 e. The van der Waals surface area contributed by atoms with Crippen LogP contribution in [0.25, 0.3) is 0 Å². The van der Waals surface area contributed by atoms with Crippen LogP contribution in [-0.2, 0) is 22.4 Å². The second-order valence-electron chi connectivity index (χ2n) is 8.98. The Morgan fingerprint density at radius 3 is 2.00 bits per heavy atom. The van der Waals surface area contributed by atoms with Crippen molar-refractivity contribution in [2.24, 2.45) is 11.8 Å². The molecule has 4 aliphatic rings. The average molecular weight is 471 g/mol. The molecule has 2 nitrogen and oxygen atoms in total. The van der Waals surface area contributed by atoms with Crippen molar-refractivity contribution in [2.75, 3.05) is 0 Å². The molecule has 4 heteroatoms. The molecule has 0 bridgehead atoms. The Morgan fingerprint density at radius 2 is 1.36 bits per heavy atom. The van der Waals surface area contributed by atoms with E-state index in [-0.39, 0.29) is 11.7 Å². The number of Topliss-reactive ketones (excluding diaryl/α,β-unsaturated/α-hetero) is 2. The highest BCUT2D eigenvalue weighted by Gasteiger charge is 2.31. The molecule has 2 aliphatic carbocycles. The molecule has 0 spiro atoms. The van der Waals surface area contributed by atoms with Gasteiger partial charge < -0.3 is 0 Å². The zero-order chi connectivity index (χ0) is 22.9. The number of allylic oxidation sites excluding steroid dienone is 6. The van der Waals surface area contributed by atoms with E-state index in [1.54, 1.807) is 23.5 Å². The van der Waals surface area contributed by atoms with Gasteiger partial charge in [0.25, 0.3) is 0 Å². The normalized spacial score (nSPS) is 20.6. The molecular formula is C29H26O2S2. The number of hydrogen-bond acceptors (Lipinski definition) is 4. The highest BCUT2D eigenvalue weighted by Crippen LogP contribution is 2.43. The number of thioether (sulfide) groups is 2. The Hall–Kier alpha value is -2.56. The Balaban J connectivity index is 0.000000140. The van der Waals surface area contributed by atoms with Crippen LogP contribution in [-0.4, -0.2) is 11.6 Å². The zero-order valence-corrected chi connectivity index (χ0v) is 20.5. The third kappa shape index (κ3) is 4.47. The minimum atomic E-state index is 0.0645. The smallest absolute Gasteiger partial charge is 0.167 e. The fourth-order valence-corrected chi connectivity index (χ4v) is 6.75.